The second-order valence-corrected chi connectivity index (χ2v) is 6.23. The lowest BCUT2D eigenvalue weighted by atomic mass is 10.1. The van der Waals surface area contributed by atoms with Crippen LogP contribution in [0, 0.1) is 6.92 Å². The smallest absolute Gasteiger partial charge is 0.254 e. The molecule has 0 bridgehead atoms. The van der Waals surface area contributed by atoms with E-state index in [1.54, 1.807) is 0 Å². The van der Waals surface area contributed by atoms with Crippen molar-refractivity contribution in [3.63, 3.8) is 0 Å². The molecule has 21 heavy (non-hydrogen) atoms. The highest BCUT2D eigenvalue weighted by Crippen LogP contribution is 2.28. The number of pyridine rings is 1. The number of fused-ring (bicyclic) bond motifs is 1. The van der Waals surface area contributed by atoms with Crippen LogP contribution in [0.3, 0.4) is 0 Å². The summed E-state index contributed by atoms with van der Waals surface area (Å²) in [5, 5.41) is 0.882. The van der Waals surface area contributed by atoms with Gasteiger partial charge in [0.05, 0.1) is 23.8 Å². The van der Waals surface area contributed by atoms with Gasteiger partial charge in [0.25, 0.3) is 5.91 Å². The molecule has 0 radical (unpaired) electrons. The van der Waals surface area contributed by atoms with Crippen molar-refractivity contribution in [2.75, 3.05) is 19.7 Å². The Kier molecular flexibility index (Phi) is 3.95. The summed E-state index contributed by atoms with van der Waals surface area (Å²) in [5.74, 6) is 0.0487. The van der Waals surface area contributed by atoms with Gasteiger partial charge in [-0.1, -0.05) is 22.0 Å². The number of amides is 1. The highest BCUT2D eigenvalue weighted by molar-refractivity contribution is 9.10. The summed E-state index contributed by atoms with van der Waals surface area (Å²) in [5.41, 5.74) is 2.40. The number of ether oxygens (including phenoxy) is 1. The van der Waals surface area contributed by atoms with Gasteiger partial charge in [-0.25, -0.2) is 0 Å². The molecular weight excluding hydrogens is 332 g/mol. The molecule has 0 spiro atoms. The van der Waals surface area contributed by atoms with Crippen LogP contribution in [0.25, 0.3) is 10.9 Å². The predicted molar refractivity (Wildman–Crippen MR) is 85.5 cm³/mol. The van der Waals surface area contributed by atoms with Crippen LogP contribution >= 0.6 is 15.9 Å². The van der Waals surface area contributed by atoms with Crippen molar-refractivity contribution >= 4 is 32.7 Å². The Balaban J connectivity index is 2.09. The molecule has 1 aliphatic rings. The normalized spacial score (nSPS) is 19.0. The molecule has 1 saturated heterocycles. The van der Waals surface area contributed by atoms with E-state index in [1.165, 1.54) is 0 Å². The monoisotopic (exact) mass is 348 g/mol. The molecular formula is C16H17BrN2O2. The number of aromatic nitrogens is 1. The van der Waals surface area contributed by atoms with Crippen molar-refractivity contribution in [2.45, 2.75) is 20.0 Å². The van der Waals surface area contributed by atoms with E-state index >= 15 is 0 Å². The second-order valence-electron chi connectivity index (χ2n) is 5.38. The van der Waals surface area contributed by atoms with E-state index in [1.807, 2.05) is 43.0 Å². The number of benzene rings is 1. The van der Waals surface area contributed by atoms with Gasteiger partial charge in [-0.3, -0.25) is 9.78 Å². The Hall–Kier alpha value is -1.46. The first-order valence-electron chi connectivity index (χ1n) is 7.03. The summed E-state index contributed by atoms with van der Waals surface area (Å²) in [6, 6.07) is 7.68. The van der Waals surface area contributed by atoms with Crippen molar-refractivity contribution in [2.24, 2.45) is 0 Å². The zero-order chi connectivity index (χ0) is 15.0. The molecule has 0 aliphatic carbocycles. The van der Waals surface area contributed by atoms with Crippen LogP contribution in [0.15, 0.2) is 28.7 Å². The zero-order valence-corrected chi connectivity index (χ0v) is 13.7. The molecule has 0 unspecified atom stereocenters. The van der Waals surface area contributed by atoms with Crippen LogP contribution in [0.5, 0.6) is 0 Å². The van der Waals surface area contributed by atoms with E-state index in [0.717, 1.165) is 21.1 Å². The standard InChI is InChI=1S/C16H17BrN2O2/c1-10-8-12(15-13(17)4-3-5-14(15)18-10)16(20)19-6-7-21-11(2)9-19/h3-5,8,11H,6-7,9H2,1-2H3/t11-/m1/s1. The first-order valence-corrected chi connectivity index (χ1v) is 7.82. The van der Waals surface area contributed by atoms with Crippen LogP contribution in [-0.4, -0.2) is 41.6 Å². The van der Waals surface area contributed by atoms with Gasteiger partial charge in [0.15, 0.2) is 0 Å². The number of hydrogen-bond acceptors (Lipinski definition) is 3. The number of hydrogen-bond donors (Lipinski definition) is 0. The topological polar surface area (TPSA) is 42.4 Å². The summed E-state index contributed by atoms with van der Waals surface area (Å²) < 4.78 is 6.41. The van der Waals surface area contributed by atoms with Crippen LogP contribution in [-0.2, 0) is 4.74 Å². The fraction of sp³-hybridized carbons (Fsp3) is 0.375. The Morgan fingerprint density at radius 1 is 1.48 bits per heavy atom. The SMILES string of the molecule is Cc1cc(C(=O)N2CCO[C@H](C)C2)c2c(Br)cccc2n1. The Labute approximate surface area is 132 Å². The number of morpholine rings is 1. The van der Waals surface area contributed by atoms with E-state index in [4.69, 9.17) is 4.74 Å². The average molecular weight is 349 g/mol. The minimum atomic E-state index is 0.0487. The van der Waals surface area contributed by atoms with Gasteiger partial charge in [0.2, 0.25) is 0 Å². The fourth-order valence-electron chi connectivity index (χ4n) is 2.72. The molecule has 1 fully saturated rings. The van der Waals surface area contributed by atoms with E-state index in [2.05, 4.69) is 20.9 Å². The molecule has 1 amide bonds. The quantitative estimate of drug-likeness (QED) is 0.794. The first kappa shape index (κ1) is 14.5. The maximum atomic E-state index is 12.9. The Bertz CT molecular complexity index is 702. The van der Waals surface area contributed by atoms with Crippen molar-refractivity contribution < 1.29 is 9.53 Å². The largest absolute Gasteiger partial charge is 0.375 e. The molecule has 3 rings (SSSR count). The van der Waals surface area contributed by atoms with Crippen LogP contribution in [0.1, 0.15) is 23.0 Å². The van der Waals surface area contributed by atoms with Crippen LogP contribution in [0.2, 0.25) is 0 Å². The molecule has 0 N–H and O–H groups in total. The lowest BCUT2D eigenvalue weighted by Gasteiger charge is -2.31. The summed E-state index contributed by atoms with van der Waals surface area (Å²) in [4.78, 5) is 19.3. The van der Waals surface area contributed by atoms with Crippen molar-refractivity contribution in [1.82, 2.24) is 9.88 Å². The van der Waals surface area contributed by atoms with Crippen molar-refractivity contribution in [3.8, 4) is 0 Å². The number of aryl methyl sites for hydroxylation is 1. The summed E-state index contributed by atoms with van der Waals surface area (Å²) in [6.45, 7) is 5.77. The van der Waals surface area contributed by atoms with Gasteiger partial charge in [-0.15, -0.1) is 0 Å². The predicted octanol–water partition coefficient (Wildman–Crippen LogP) is 3.17. The summed E-state index contributed by atoms with van der Waals surface area (Å²) in [6.07, 6.45) is 0.0836. The highest BCUT2D eigenvalue weighted by Gasteiger charge is 2.24. The molecule has 110 valence electrons. The number of rotatable bonds is 1. The van der Waals surface area contributed by atoms with E-state index < -0.39 is 0 Å². The molecule has 4 nitrogen and oxygen atoms in total. The number of nitrogens with zero attached hydrogens (tertiary/aromatic N) is 2. The number of carbonyl (C=O) groups is 1. The second kappa shape index (κ2) is 5.73. The third-order valence-corrected chi connectivity index (χ3v) is 4.33. The van der Waals surface area contributed by atoms with Gasteiger partial charge in [-0.2, -0.15) is 0 Å². The molecule has 1 aromatic heterocycles. The van der Waals surface area contributed by atoms with Gasteiger partial charge >= 0.3 is 0 Å². The molecule has 2 aromatic rings. The van der Waals surface area contributed by atoms with Gasteiger partial charge in [0.1, 0.15) is 0 Å². The Morgan fingerprint density at radius 2 is 2.29 bits per heavy atom. The zero-order valence-electron chi connectivity index (χ0n) is 12.1. The van der Waals surface area contributed by atoms with Crippen molar-refractivity contribution in [1.29, 1.82) is 0 Å². The first-order chi connectivity index (χ1) is 10.1. The average Bonchev–Trinajstić information content (AvgIpc) is 2.45. The maximum Gasteiger partial charge on any atom is 0.254 e. The van der Waals surface area contributed by atoms with E-state index in [0.29, 0.717) is 25.3 Å². The number of carbonyl (C=O) groups excluding carboxylic acids is 1. The lowest BCUT2D eigenvalue weighted by molar-refractivity contribution is -0.0123. The van der Waals surface area contributed by atoms with Gasteiger partial charge in [0, 0.05) is 28.6 Å². The van der Waals surface area contributed by atoms with Crippen LogP contribution in [0.4, 0.5) is 0 Å². The molecule has 2 heterocycles. The molecule has 1 aromatic carbocycles. The third-order valence-electron chi connectivity index (χ3n) is 3.67. The number of halogens is 1. The lowest BCUT2D eigenvalue weighted by Crippen LogP contribution is -2.44. The molecule has 5 heteroatoms. The fourth-order valence-corrected chi connectivity index (χ4v) is 3.29. The van der Waals surface area contributed by atoms with Gasteiger partial charge in [-0.05, 0) is 32.0 Å². The molecule has 1 aliphatic heterocycles. The third kappa shape index (κ3) is 2.80. The maximum absolute atomic E-state index is 12.9. The summed E-state index contributed by atoms with van der Waals surface area (Å²) >= 11 is 3.54. The summed E-state index contributed by atoms with van der Waals surface area (Å²) in [7, 11) is 0. The van der Waals surface area contributed by atoms with E-state index in [9.17, 15) is 4.79 Å². The van der Waals surface area contributed by atoms with Crippen LogP contribution < -0.4 is 0 Å². The minimum Gasteiger partial charge on any atom is -0.375 e. The molecule has 1 atom stereocenters. The van der Waals surface area contributed by atoms with Gasteiger partial charge < -0.3 is 9.64 Å². The van der Waals surface area contributed by atoms with E-state index in [-0.39, 0.29) is 12.0 Å². The minimum absolute atomic E-state index is 0.0487. The molecule has 0 saturated carbocycles. The highest BCUT2D eigenvalue weighted by atomic mass is 79.9. The van der Waals surface area contributed by atoms with Crippen molar-refractivity contribution in [3.05, 3.63) is 40.0 Å². The Morgan fingerprint density at radius 3 is 3.05 bits per heavy atom.